The van der Waals surface area contributed by atoms with E-state index < -0.39 is 0 Å². The number of hydrogen-bond acceptors (Lipinski definition) is 7. The molecule has 0 amide bonds. The van der Waals surface area contributed by atoms with Crippen LogP contribution in [0.5, 0.6) is 0 Å². The molecule has 1 saturated carbocycles. The van der Waals surface area contributed by atoms with Crippen LogP contribution in [0.25, 0.3) is 11.0 Å². The molecule has 0 radical (unpaired) electrons. The largest absolute Gasteiger partial charge is 0.378 e. The summed E-state index contributed by atoms with van der Waals surface area (Å²) >= 11 is 0. The summed E-state index contributed by atoms with van der Waals surface area (Å²) in [4.78, 5) is 11.2. The molecule has 1 saturated heterocycles. The van der Waals surface area contributed by atoms with Crippen LogP contribution in [0.15, 0.2) is 54.4 Å². The molecule has 0 unspecified atom stereocenters. The Hall–Kier alpha value is -2.80. The molecule has 7 heteroatoms. The Morgan fingerprint density at radius 3 is 2.81 bits per heavy atom. The Kier molecular flexibility index (Phi) is 3.67. The number of piperazine rings is 1. The zero-order chi connectivity index (χ0) is 17.4. The first-order valence-electron chi connectivity index (χ1n) is 9.17. The number of aromatic nitrogens is 2. The number of nitrogens with one attached hydrogen (secondary N) is 4. The second-order valence-corrected chi connectivity index (χ2v) is 7.24. The summed E-state index contributed by atoms with van der Waals surface area (Å²) in [7, 11) is 0. The summed E-state index contributed by atoms with van der Waals surface area (Å²) in [5.74, 6) is 0. The van der Waals surface area contributed by atoms with E-state index in [1.807, 2.05) is 12.3 Å². The first-order valence-corrected chi connectivity index (χ1v) is 9.17. The van der Waals surface area contributed by atoms with Crippen molar-refractivity contribution in [2.45, 2.75) is 24.9 Å². The van der Waals surface area contributed by atoms with Gasteiger partial charge in [0.05, 0.1) is 22.4 Å². The minimum Gasteiger partial charge on any atom is -0.378 e. The van der Waals surface area contributed by atoms with Gasteiger partial charge in [-0.25, -0.2) is 0 Å². The highest BCUT2D eigenvalue weighted by molar-refractivity contribution is 5.74. The van der Waals surface area contributed by atoms with Gasteiger partial charge in [-0.15, -0.1) is 0 Å². The molecule has 2 aliphatic heterocycles. The molecule has 134 valence electrons. The van der Waals surface area contributed by atoms with E-state index in [4.69, 9.17) is 0 Å². The van der Waals surface area contributed by atoms with Crippen molar-refractivity contribution in [3.8, 4) is 0 Å². The van der Waals surface area contributed by atoms with E-state index in [-0.39, 0.29) is 0 Å². The molecule has 2 fully saturated rings. The zero-order valence-electron chi connectivity index (χ0n) is 14.6. The predicted octanol–water partition coefficient (Wildman–Crippen LogP) is 0.948. The van der Waals surface area contributed by atoms with Gasteiger partial charge in [-0.1, -0.05) is 6.07 Å². The number of rotatable bonds is 4. The maximum absolute atomic E-state index is 4.39. The van der Waals surface area contributed by atoms with E-state index in [0.29, 0.717) is 5.54 Å². The quantitative estimate of drug-likeness (QED) is 0.655. The van der Waals surface area contributed by atoms with E-state index >= 15 is 0 Å². The molecule has 3 aliphatic rings. The summed E-state index contributed by atoms with van der Waals surface area (Å²) in [6.07, 6.45) is 10.1. The Bertz CT molecular complexity index is 884. The van der Waals surface area contributed by atoms with Crippen molar-refractivity contribution in [2.24, 2.45) is 0 Å². The summed E-state index contributed by atoms with van der Waals surface area (Å²) in [6.45, 7) is 3.89. The number of benzene rings is 1. The van der Waals surface area contributed by atoms with Crippen LogP contribution in [-0.4, -0.2) is 40.0 Å². The van der Waals surface area contributed by atoms with Crippen molar-refractivity contribution in [3.63, 3.8) is 0 Å². The van der Waals surface area contributed by atoms with Crippen LogP contribution >= 0.6 is 0 Å². The fraction of sp³-hybridized carbons (Fsp3) is 0.368. The van der Waals surface area contributed by atoms with Crippen LogP contribution in [0.1, 0.15) is 18.4 Å². The SMILES string of the molecule is C1=C(NCc2ccc3nccnc3c2)C(N2CCNC3(CC3)C2)=CNN1. The summed E-state index contributed by atoms with van der Waals surface area (Å²) in [6, 6.07) is 6.22. The second-order valence-electron chi connectivity index (χ2n) is 7.24. The number of hydrazine groups is 1. The molecule has 7 nitrogen and oxygen atoms in total. The van der Waals surface area contributed by atoms with Gasteiger partial charge < -0.3 is 26.4 Å². The molecule has 1 aliphatic carbocycles. The van der Waals surface area contributed by atoms with E-state index in [0.717, 1.165) is 42.9 Å². The van der Waals surface area contributed by atoms with E-state index in [9.17, 15) is 0 Å². The van der Waals surface area contributed by atoms with Crippen LogP contribution in [0.3, 0.4) is 0 Å². The molecule has 0 atom stereocenters. The van der Waals surface area contributed by atoms with Crippen molar-refractivity contribution >= 4 is 11.0 Å². The summed E-state index contributed by atoms with van der Waals surface area (Å²) in [5.41, 5.74) is 11.9. The van der Waals surface area contributed by atoms with E-state index in [2.05, 4.69) is 54.7 Å². The van der Waals surface area contributed by atoms with Crippen LogP contribution < -0.4 is 21.5 Å². The average Bonchev–Trinajstić information content (AvgIpc) is 3.44. The number of hydrogen-bond donors (Lipinski definition) is 4. The molecule has 0 bridgehead atoms. The molecule has 1 aromatic heterocycles. The van der Waals surface area contributed by atoms with Crippen molar-refractivity contribution < 1.29 is 0 Å². The molecule has 3 heterocycles. The van der Waals surface area contributed by atoms with Crippen molar-refractivity contribution in [1.29, 1.82) is 0 Å². The van der Waals surface area contributed by atoms with Crippen molar-refractivity contribution in [2.75, 3.05) is 19.6 Å². The van der Waals surface area contributed by atoms with Gasteiger partial charge in [-0.05, 0) is 30.5 Å². The van der Waals surface area contributed by atoms with Crippen molar-refractivity contribution in [1.82, 2.24) is 36.4 Å². The van der Waals surface area contributed by atoms with Gasteiger partial charge in [0.25, 0.3) is 0 Å². The van der Waals surface area contributed by atoms with Gasteiger partial charge >= 0.3 is 0 Å². The number of nitrogens with zero attached hydrogens (tertiary/aromatic N) is 3. The molecular formula is C19H23N7. The molecule has 1 spiro atoms. The lowest BCUT2D eigenvalue weighted by Gasteiger charge is -2.38. The fourth-order valence-electron chi connectivity index (χ4n) is 3.74. The fourth-order valence-corrected chi connectivity index (χ4v) is 3.74. The average molecular weight is 349 g/mol. The maximum atomic E-state index is 4.39. The van der Waals surface area contributed by atoms with Crippen LogP contribution in [0, 0.1) is 0 Å². The van der Waals surface area contributed by atoms with Gasteiger partial charge in [0, 0.05) is 56.5 Å². The van der Waals surface area contributed by atoms with E-state index in [1.54, 1.807) is 12.4 Å². The molecule has 4 N–H and O–H groups in total. The van der Waals surface area contributed by atoms with Gasteiger partial charge in [0.15, 0.2) is 0 Å². The van der Waals surface area contributed by atoms with Crippen LogP contribution in [0.2, 0.25) is 0 Å². The first kappa shape index (κ1) is 15.5. The molecule has 5 rings (SSSR count). The van der Waals surface area contributed by atoms with E-state index in [1.165, 1.54) is 24.1 Å². The predicted molar refractivity (Wildman–Crippen MR) is 100 cm³/mol. The molecule has 26 heavy (non-hydrogen) atoms. The first-order chi connectivity index (χ1) is 12.8. The third-order valence-corrected chi connectivity index (χ3v) is 5.37. The topological polar surface area (TPSA) is 77.1 Å². The van der Waals surface area contributed by atoms with Gasteiger partial charge in [-0.2, -0.15) is 0 Å². The Morgan fingerprint density at radius 1 is 1.08 bits per heavy atom. The summed E-state index contributed by atoms with van der Waals surface area (Å²) in [5, 5.41) is 7.25. The number of fused-ring (bicyclic) bond motifs is 1. The molecule has 1 aromatic carbocycles. The highest BCUT2D eigenvalue weighted by Gasteiger charge is 2.46. The highest BCUT2D eigenvalue weighted by Crippen LogP contribution is 2.38. The molecule has 2 aromatic rings. The van der Waals surface area contributed by atoms with Crippen molar-refractivity contribution in [3.05, 3.63) is 60.0 Å². The Morgan fingerprint density at radius 2 is 1.92 bits per heavy atom. The second kappa shape index (κ2) is 6.17. The Labute approximate surface area is 152 Å². The monoisotopic (exact) mass is 349 g/mol. The lowest BCUT2D eigenvalue weighted by atomic mass is 10.1. The minimum atomic E-state index is 0.353. The van der Waals surface area contributed by atoms with Gasteiger partial charge in [0.2, 0.25) is 0 Å². The Balaban J connectivity index is 1.30. The lowest BCUT2D eigenvalue weighted by Crippen LogP contribution is -2.53. The third-order valence-electron chi connectivity index (χ3n) is 5.37. The highest BCUT2D eigenvalue weighted by atomic mass is 15.4. The smallest absolute Gasteiger partial charge is 0.0890 e. The molecular weight excluding hydrogens is 326 g/mol. The van der Waals surface area contributed by atoms with Gasteiger partial charge in [-0.3, -0.25) is 9.97 Å². The normalized spacial score (nSPS) is 20.8. The van der Waals surface area contributed by atoms with Crippen LogP contribution in [0.4, 0.5) is 0 Å². The summed E-state index contributed by atoms with van der Waals surface area (Å²) < 4.78 is 0. The minimum absolute atomic E-state index is 0.353. The third kappa shape index (κ3) is 2.94. The maximum Gasteiger partial charge on any atom is 0.0890 e. The van der Waals surface area contributed by atoms with Crippen LogP contribution in [-0.2, 0) is 6.54 Å². The zero-order valence-corrected chi connectivity index (χ0v) is 14.6. The lowest BCUT2D eigenvalue weighted by molar-refractivity contribution is 0.233. The van der Waals surface area contributed by atoms with Gasteiger partial charge in [0.1, 0.15) is 0 Å². The standard InChI is InChI=1S/C19H23N7/c1-2-15-16(21-6-5-20-15)9-14(1)10-22-17-11-24-25-12-18(17)26-8-7-23-19(13-26)3-4-19/h1-2,5-6,9,11-12,22-25H,3-4,7-8,10,13H2.